The Kier molecular flexibility index (Phi) is 6.42. The van der Waals surface area contributed by atoms with Gasteiger partial charge in [-0.3, -0.25) is 9.69 Å². The summed E-state index contributed by atoms with van der Waals surface area (Å²) in [6.07, 6.45) is -0.529. The van der Waals surface area contributed by atoms with Crippen molar-refractivity contribution in [2.24, 2.45) is 0 Å². The third-order valence-corrected chi connectivity index (χ3v) is 4.26. The minimum absolute atomic E-state index is 0.124. The Hall–Kier alpha value is -1.59. The Morgan fingerprint density at radius 2 is 1.87 bits per heavy atom. The second-order valence-corrected chi connectivity index (χ2v) is 6.46. The normalized spacial score (nSPS) is 17.3. The molecule has 1 amide bonds. The predicted molar refractivity (Wildman–Crippen MR) is 90.7 cm³/mol. The van der Waals surface area contributed by atoms with Crippen LogP contribution in [0.3, 0.4) is 0 Å². The maximum absolute atomic E-state index is 11.3. The molecule has 23 heavy (non-hydrogen) atoms. The van der Waals surface area contributed by atoms with E-state index in [2.05, 4.69) is 24.8 Å². The number of carbonyl (C=O) groups excluding carboxylic acids is 1. The fraction of sp³-hybridized carbons (Fsp3) is 0.611. The van der Waals surface area contributed by atoms with E-state index in [0.717, 1.165) is 37.5 Å². The fourth-order valence-corrected chi connectivity index (χ4v) is 2.87. The maximum Gasteiger partial charge on any atom is 0.219 e. The summed E-state index contributed by atoms with van der Waals surface area (Å²) < 4.78 is 5.82. The minimum Gasteiger partial charge on any atom is -0.491 e. The zero-order valence-corrected chi connectivity index (χ0v) is 14.4. The highest BCUT2D eigenvalue weighted by atomic mass is 16.5. The van der Waals surface area contributed by atoms with Gasteiger partial charge in [0.1, 0.15) is 18.5 Å². The van der Waals surface area contributed by atoms with E-state index in [1.807, 2.05) is 23.1 Å². The van der Waals surface area contributed by atoms with Gasteiger partial charge in [-0.2, -0.15) is 0 Å². The number of carbonyl (C=O) groups is 1. The summed E-state index contributed by atoms with van der Waals surface area (Å²) in [7, 11) is 0. The van der Waals surface area contributed by atoms with Gasteiger partial charge in [0.15, 0.2) is 0 Å². The van der Waals surface area contributed by atoms with Crippen LogP contribution in [0.1, 0.15) is 32.3 Å². The molecule has 2 rings (SSSR count). The van der Waals surface area contributed by atoms with E-state index >= 15 is 0 Å². The average Bonchev–Trinajstić information content (AvgIpc) is 2.53. The summed E-state index contributed by atoms with van der Waals surface area (Å²) in [4.78, 5) is 15.3. The summed E-state index contributed by atoms with van der Waals surface area (Å²) in [5.41, 5.74) is 1.16. The Morgan fingerprint density at radius 1 is 1.22 bits per heavy atom. The first kappa shape index (κ1) is 17.8. The highest BCUT2D eigenvalue weighted by Crippen LogP contribution is 2.25. The van der Waals surface area contributed by atoms with Crippen LogP contribution in [0.2, 0.25) is 0 Å². The molecule has 1 heterocycles. The smallest absolute Gasteiger partial charge is 0.219 e. The van der Waals surface area contributed by atoms with Crippen LogP contribution in [-0.4, -0.2) is 66.2 Å². The van der Waals surface area contributed by atoms with Gasteiger partial charge in [-0.25, -0.2) is 0 Å². The van der Waals surface area contributed by atoms with Crippen molar-refractivity contribution in [3.63, 3.8) is 0 Å². The molecule has 5 nitrogen and oxygen atoms in total. The molecule has 1 aromatic carbocycles. The molecular formula is C18H28N2O3. The van der Waals surface area contributed by atoms with Gasteiger partial charge in [-0.05, 0) is 17.5 Å². The molecule has 1 fully saturated rings. The van der Waals surface area contributed by atoms with E-state index in [4.69, 9.17) is 4.74 Å². The second-order valence-electron chi connectivity index (χ2n) is 6.46. The van der Waals surface area contributed by atoms with Crippen molar-refractivity contribution in [1.82, 2.24) is 9.80 Å². The van der Waals surface area contributed by atoms with Crippen LogP contribution >= 0.6 is 0 Å². The number of hydrogen-bond donors (Lipinski definition) is 1. The molecule has 0 bridgehead atoms. The van der Waals surface area contributed by atoms with Gasteiger partial charge in [-0.15, -0.1) is 0 Å². The lowest BCUT2D eigenvalue weighted by atomic mass is 10.0. The number of amides is 1. The van der Waals surface area contributed by atoms with Crippen molar-refractivity contribution >= 4 is 5.91 Å². The van der Waals surface area contributed by atoms with Crippen LogP contribution in [-0.2, 0) is 4.79 Å². The van der Waals surface area contributed by atoms with Crippen LogP contribution in [0, 0.1) is 0 Å². The number of aliphatic hydroxyl groups excluding tert-OH is 1. The molecule has 0 aliphatic carbocycles. The first-order valence-electron chi connectivity index (χ1n) is 8.35. The van der Waals surface area contributed by atoms with E-state index in [9.17, 15) is 9.90 Å². The molecule has 5 heteroatoms. The highest BCUT2D eigenvalue weighted by molar-refractivity contribution is 5.73. The molecule has 1 aromatic rings. The molecular weight excluding hydrogens is 292 g/mol. The molecule has 1 aliphatic heterocycles. The number of nitrogens with zero attached hydrogens (tertiary/aromatic N) is 2. The van der Waals surface area contributed by atoms with E-state index < -0.39 is 6.10 Å². The fourth-order valence-electron chi connectivity index (χ4n) is 2.87. The Balaban J connectivity index is 1.78. The number of rotatable bonds is 6. The summed E-state index contributed by atoms with van der Waals surface area (Å²) in [5.74, 6) is 1.37. The average molecular weight is 320 g/mol. The summed E-state index contributed by atoms with van der Waals surface area (Å²) >= 11 is 0. The van der Waals surface area contributed by atoms with Crippen molar-refractivity contribution in [3.05, 3.63) is 29.8 Å². The van der Waals surface area contributed by atoms with Crippen molar-refractivity contribution in [2.45, 2.75) is 32.8 Å². The minimum atomic E-state index is -0.529. The van der Waals surface area contributed by atoms with Crippen molar-refractivity contribution in [2.75, 3.05) is 39.3 Å². The number of benzene rings is 1. The molecule has 0 aromatic heterocycles. The molecule has 0 saturated carbocycles. The largest absolute Gasteiger partial charge is 0.491 e. The SMILES string of the molecule is CC(=O)N1CCN(CC(O)COc2ccccc2C(C)C)CC1. The lowest BCUT2D eigenvalue weighted by molar-refractivity contribution is -0.130. The first-order chi connectivity index (χ1) is 11.0. The van der Waals surface area contributed by atoms with Crippen LogP contribution in [0.4, 0.5) is 0 Å². The number of ether oxygens (including phenoxy) is 1. The molecule has 1 aliphatic rings. The lowest BCUT2D eigenvalue weighted by Crippen LogP contribution is -2.50. The van der Waals surface area contributed by atoms with Gasteiger partial charge < -0.3 is 14.7 Å². The summed E-state index contributed by atoms with van der Waals surface area (Å²) in [6.45, 7) is 9.81. The molecule has 1 unspecified atom stereocenters. The third kappa shape index (κ3) is 5.22. The predicted octanol–water partition coefficient (Wildman–Crippen LogP) is 1.71. The molecule has 128 valence electrons. The third-order valence-electron chi connectivity index (χ3n) is 4.26. The van der Waals surface area contributed by atoms with E-state index in [-0.39, 0.29) is 12.5 Å². The van der Waals surface area contributed by atoms with Crippen molar-refractivity contribution < 1.29 is 14.6 Å². The molecule has 0 spiro atoms. The van der Waals surface area contributed by atoms with E-state index in [0.29, 0.717) is 12.5 Å². The molecule has 1 saturated heterocycles. The van der Waals surface area contributed by atoms with Gasteiger partial charge in [0.05, 0.1) is 0 Å². The molecule has 0 radical (unpaired) electrons. The zero-order chi connectivity index (χ0) is 16.8. The quantitative estimate of drug-likeness (QED) is 0.867. The van der Waals surface area contributed by atoms with Crippen molar-refractivity contribution in [1.29, 1.82) is 0 Å². The monoisotopic (exact) mass is 320 g/mol. The first-order valence-corrected chi connectivity index (χ1v) is 8.35. The van der Waals surface area contributed by atoms with Gasteiger partial charge >= 0.3 is 0 Å². The van der Waals surface area contributed by atoms with Gasteiger partial charge in [0.25, 0.3) is 0 Å². The van der Waals surface area contributed by atoms with Crippen LogP contribution in [0.15, 0.2) is 24.3 Å². The summed E-state index contributed by atoms with van der Waals surface area (Å²) in [5, 5.41) is 10.2. The molecule has 1 N–H and O–H groups in total. The number of hydrogen-bond acceptors (Lipinski definition) is 4. The van der Waals surface area contributed by atoms with Gasteiger partial charge in [-0.1, -0.05) is 32.0 Å². The Morgan fingerprint density at radius 3 is 2.48 bits per heavy atom. The zero-order valence-electron chi connectivity index (χ0n) is 14.4. The van der Waals surface area contributed by atoms with E-state index in [1.54, 1.807) is 6.92 Å². The maximum atomic E-state index is 11.3. The summed E-state index contributed by atoms with van der Waals surface area (Å²) in [6, 6.07) is 7.97. The molecule has 1 atom stereocenters. The number of β-amino-alcohol motifs (C(OH)–C–C–N with tert-alkyl or cyclic N) is 1. The Bertz CT molecular complexity index is 511. The van der Waals surface area contributed by atoms with Gasteiger partial charge in [0, 0.05) is 39.6 Å². The highest BCUT2D eigenvalue weighted by Gasteiger charge is 2.20. The second kappa shape index (κ2) is 8.31. The Labute approximate surface area is 138 Å². The number of aliphatic hydroxyl groups is 1. The lowest BCUT2D eigenvalue weighted by Gasteiger charge is -2.35. The van der Waals surface area contributed by atoms with Crippen LogP contribution in [0.25, 0.3) is 0 Å². The van der Waals surface area contributed by atoms with Crippen molar-refractivity contribution in [3.8, 4) is 5.75 Å². The topological polar surface area (TPSA) is 53.0 Å². The number of para-hydroxylation sites is 1. The van der Waals surface area contributed by atoms with Gasteiger partial charge in [0.2, 0.25) is 5.91 Å². The van der Waals surface area contributed by atoms with Crippen LogP contribution < -0.4 is 4.74 Å². The number of piperazine rings is 1. The van der Waals surface area contributed by atoms with E-state index in [1.165, 1.54) is 0 Å². The van der Waals surface area contributed by atoms with Crippen LogP contribution in [0.5, 0.6) is 5.75 Å². The standard InChI is InChI=1S/C18H28N2O3/c1-14(2)17-6-4-5-7-18(17)23-13-16(22)12-19-8-10-20(11-9-19)15(3)21/h4-7,14,16,22H,8-13H2,1-3H3.